The smallest absolute Gasteiger partial charge is 0.272 e. The van der Waals surface area contributed by atoms with Gasteiger partial charge in [-0.1, -0.05) is 0 Å². The number of hydrogen-bond donors (Lipinski definition) is 2. The molecule has 5 heterocycles. The third kappa shape index (κ3) is 4.10. The Hall–Kier alpha value is -4.34. The highest BCUT2D eigenvalue weighted by Crippen LogP contribution is 2.22. The summed E-state index contributed by atoms with van der Waals surface area (Å²) in [4.78, 5) is 40.3. The summed E-state index contributed by atoms with van der Waals surface area (Å²) in [6.07, 6.45) is 9.16. The van der Waals surface area contributed by atoms with Crippen molar-refractivity contribution in [2.75, 3.05) is 18.8 Å². The molecule has 166 valence electrons. The topological polar surface area (TPSA) is 132 Å². The molecule has 10 nitrogen and oxygen atoms in total. The summed E-state index contributed by atoms with van der Waals surface area (Å²) in [7, 11) is 1.82. The molecular formula is C23H22N8O2. The molecule has 4 aromatic heterocycles. The van der Waals surface area contributed by atoms with Crippen molar-refractivity contribution < 1.29 is 9.59 Å². The van der Waals surface area contributed by atoms with E-state index in [0.29, 0.717) is 30.8 Å². The number of amides is 2. The fourth-order valence-corrected chi connectivity index (χ4v) is 3.96. The van der Waals surface area contributed by atoms with Crippen LogP contribution in [-0.4, -0.2) is 60.6 Å². The Kier molecular flexibility index (Phi) is 5.17. The van der Waals surface area contributed by atoms with Crippen molar-refractivity contribution in [3.05, 3.63) is 66.5 Å². The first kappa shape index (κ1) is 20.6. The number of aryl methyl sites for hydroxylation is 1. The number of aromatic nitrogens is 5. The standard InChI is InChI=1S/C23H22N8O2/c1-30-12-16(11-27-30)15-8-18(21(24)26-10-15)22(32)28-17-5-7-31(13-17)23(33)20-3-2-14-9-25-6-4-19(14)29-20/h2-4,6,8-12,17H,5,7,13H2,1H3,(H2,24,26)(H,28,32)/t17-/m1/s1. The van der Waals surface area contributed by atoms with Crippen LogP contribution in [0.25, 0.3) is 22.0 Å². The van der Waals surface area contributed by atoms with Gasteiger partial charge in [0.2, 0.25) is 0 Å². The summed E-state index contributed by atoms with van der Waals surface area (Å²) >= 11 is 0. The molecule has 1 aliphatic rings. The number of nitrogens with two attached hydrogens (primary N) is 1. The van der Waals surface area contributed by atoms with Crippen LogP contribution >= 0.6 is 0 Å². The summed E-state index contributed by atoms with van der Waals surface area (Å²) < 4.78 is 1.68. The van der Waals surface area contributed by atoms with E-state index >= 15 is 0 Å². The number of pyridine rings is 3. The molecule has 3 N–H and O–H groups in total. The number of nitrogens with one attached hydrogen (secondary N) is 1. The molecule has 5 rings (SSSR count). The van der Waals surface area contributed by atoms with Crippen LogP contribution in [0.2, 0.25) is 0 Å². The van der Waals surface area contributed by atoms with Gasteiger partial charge in [0.05, 0.1) is 17.3 Å². The van der Waals surface area contributed by atoms with E-state index in [2.05, 4.69) is 25.4 Å². The van der Waals surface area contributed by atoms with Crippen molar-refractivity contribution in [3.63, 3.8) is 0 Å². The van der Waals surface area contributed by atoms with Gasteiger partial charge >= 0.3 is 0 Å². The highest BCUT2D eigenvalue weighted by molar-refractivity contribution is 6.00. The molecule has 0 aliphatic carbocycles. The van der Waals surface area contributed by atoms with Crippen molar-refractivity contribution in [1.82, 2.24) is 34.9 Å². The van der Waals surface area contributed by atoms with Gasteiger partial charge < -0.3 is 16.0 Å². The predicted octanol–water partition coefficient (Wildman–Crippen LogP) is 1.65. The van der Waals surface area contributed by atoms with E-state index in [9.17, 15) is 9.59 Å². The minimum atomic E-state index is -0.318. The lowest BCUT2D eigenvalue weighted by molar-refractivity contribution is 0.0778. The van der Waals surface area contributed by atoms with Crippen LogP contribution in [0.4, 0.5) is 5.82 Å². The second-order valence-electron chi connectivity index (χ2n) is 8.03. The fraction of sp³-hybridized carbons (Fsp3) is 0.217. The second kappa shape index (κ2) is 8.30. The molecule has 10 heteroatoms. The first-order valence-corrected chi connectivity index (χ1v) is 10.5. The van der Waals surface area contributed by atoms with Crippen molar-refractivity contribution in [3.8, 4) is 11.1 Å². The number of nitrogens with zero attached hydrogens (tertiary/aromatic N) is 6. The van der Waals surface area contributed by atoms with E-state index < -0.39 is 0 Å². The Morgan fingerprint density at radius 3 is 2.85 bits per heavy atom. The van der Waals surface area contributed by atoms with E-state index in [4.69, 9.17) is 5.73 Å². The number of fused-ring (bicyclic) bond motifs is 1. The molecule has 0 radical (unpaired) electrons. The zero-order valence-corrected chi connectivity index (χ0v) is 18.0. The van der Waals surface area contributed by atoms with Crippen LogP contribution in [0.1, 0.15) is 27.3 Å². The molecule has 1 aliphatic heterocycles. The Bertz CT molecular complexity index is 1370. The zero-order valence-electron chi connectivity index (χ0n) is 18.0. The monoisotopic (exact) mass is 442 g/mol. The van der Waals surface area contributed by atoms with E-state index in [-0.39, 0.29) is 23.7 Å². The molecular weight excluding hydrogens is 420 g/mol. The van der Waals surface area contributed by atoms with Gasteiger partial charge in [0.1, 0.15) is 11.5 Å². The fourth-order valence-electron chi connectivity index (χ4n) is 3.96. The lowest BCUT2D eigenvalue weighted by Gasteiger charge is -2.17. The van der Waals surface area contributed by atoms with Crippen molar-refractivity contribution in [2.45, 2.75) is 12.5 Å². The highest BCUT2D eigenvalue weighted by atomic mass is 16.2. The van der Waals surface area contributed by atoms with Crippen molar-refractivity contribution >= 4 is 28.5 Å². The maximum absolute atomic E-state index is 12.9. The summed E-state index contributed by atoms with van der Waals surface area (Å²) in [5.74, 6) is -0.326. The van der Waals surface area contributed by atoms with Gasteiger partial charge in [0, 0.05) is 67.5 Å². The van der Waals surface area contributed by atoms with Crippen LogP contribution in [-0.2, 0) is 7.05 Å². The number of carbonyl (C=O) groups excluding carboxylic acids is 2. The van der Waals surface area contributed by atoms with Crippen LogP contribution in [0.5, 0.6) is 0 Å². The largest absolute Gasteiger partial charge is 0.383 e. The molecule has 0 spiro atoms. The Morgan fingerprint density at radius 2 is 2.03 bits per heavy atom. The SMILES string of the molecule is Cn1cc(-c2cnc(N)c(C(=O)N[C@@H]3CCN(C(=O)c4ccc5cnccc5n4)C3)c2)cn1. The van der Waals surface area contributed by atoms with E-state index in [0.717, 1.165) is 22.0 Å². The maximum Gasteiger partial charge on any atom is 0.272 e. The second-order valence-corrected chi connectivity index (χ2v) is 8.03. The van der Waals surface area contributed by atoms with Gasteiger partial charge in [-0.3, -0.25) is 19.3 Å². The normalized spacial score (nSPS) is 15.7. The molecule has 33 heavy (non-hydrogen) atoms. The Labute approximate surface area is 189 Å². The van der Waals surface area contributed by atoms with E-state index in [1.165, 1.54) is 0 Å². The van der Waals surface area contributed by atoms with Gasteiger partial charge in [-0.2, -0.15) is 5.10 Å². The molecule has 0 aromatic carbocycles. The van der Waals surface area contributed by atoms with Crippen LogP contribution in [0, 0.1) is 0 Å². The van der Waals surface area contributed by atoms with E-state index in [1.807, 2.05) is 19.3 Å². The Morgan fingerprint density at radius 1 is 1.15 bits per heavy atom. The lowest BCUT2D eigenvalue weighted by Crippen LogP contribution is -2.39. The number of rotatable bonds is 4. The summed E-state index contributed by atoms with van der Waals surface area (Å²) in [5.41, 5.74) is 8.96. The number of carbonyl (C=O) groups is 2. The summed E-state index contributed by atoms with van der Waals surface area (Å²) in [6, 6.07) is 6.84. The van der Waals surface area contributed by atoms with Crippen LogP contribution in [0.15, 0.2) is 55.2 Å². The number of anilines is 1. The zero-order chi connectivity index (χ0) is 22.9. The van der Waals surface area contributed by atoms with Crippen molar-refractivity contribution in [2.24, 2.45) is 7.05 Å². The molecule has 0 bridgehead atoms. The van der Waals surface area contributed by atoms with Gasteiger partial charge in [-0.15, -0.1) is 0 Å². The quantitative estimate of drug-likeness (QED) is 0.491. The molecule has 1 fully saturated rings. The number of nitrogen functional groups attached to an aromatic ring is 1. The molecule has 4 aromatic rings. The molecule has 1 atom stereocenters. The van der Waals surface area contributed by atoms with E-state index in [1.54, 1.807) is 52.6 Å². The van der Waals surface area contributed by atoms with Gasteiger partial charge in [0.25, 0.3) is 11.8 Å². The first-order chi connectivity index (χ1) is 16.0. The highest BCUT2D eigenvalue weighted by Gasteiger charge is 2.29. The molecule has 0 unspecified atom stereocenters. The summed E-state index contributed by atoms with van der Waals surface area (Å²) in [6.45, 7) is 0.930. The molecule has 1 saturated heterocycles. The number of likely N-dealkylation sites (tertiary alicyclic amines) is 1. The maximum atomic E-state index is 12.9. The summed E-state index contributed by atoms with van der Waals surface area (Å²) in [5, 5.41) is 8.01. The average Bonchev–Trinajstić information content (AvgIpc) is 3.47. The lowest BCUT2D eigenvalue weighted by atomic mass is 10.1. The average molecular weight is 442 g/mol. The van der Waals surface area contributed by atoms with Gasteiger partial charge in [-0.25, -0.2) is 9.97 Å². The third-order valence-corrected chi connectivity index (χ3v) is 5.72. The van der Waals surface area contributed by atoms with Gasteiger partial charge in [-0.05, 0) is 30.7 Å². The van der Waals surface area contributed by atoms with Gasteiger partial charge in [0.15, 0.2) is 0 Å². The Balaban J connectivity index is 1.27. The predicted molar refractivity (Wildman–Crippen MR) is 122 cm³/mol. The number of hydrogen-bond acceptors (Lipinski definition) is 7. The van der Waals surface area contributed by atoms with Crippen molar-refractivity contribution in [1.29, 1.82) is 0 Å². The molecule has 2 amide bonds. The van der Waals surface area contributed by atoms with Crippen LogP contribution in [0.3, 0.4) is 0 Å². The minimum Gasteiger partial charge on any atom is -0.383 e. The third-order valence-electron chi connectivity index (χ3n) is 5.72. The first-order valence-electron chi connectivity index (χ1n) is 10.5. The minimum absolute atomic E-state index is 0.154. The molecule has 0 saturated carbocycles. The van der Waals surface area contributed by atoms with Crippen LogP contribution < -0.4 is 11.1 Å².